The number of hydrogen-bond donors (Lipinski definition) is 1. The highest BCUT2D eigenvalue weighted by molar-refractivity contribution is 7.10. The molecule has 0 fully saturated rings. The highest BCUT2D eigenvalue weighted by Gasteiger charge is 2.01. The fourth-order valence-electron chi connectivity index (χ4n) is 1.50. The third-order valence-corrected chi connectivity index (χ3v) is 3.30. The van der Waals surface area contributed by atoms with Crippen molar-refractivity contribution in [1.82, 2.24) is 4.57 Å². The molecule has 18 heavy (non-hydrogen) atoms. The zero-order valence-electron chi connectivity index (χ0n) is 9.80. The molecule has 2 aromatic rings. The van der Waals surface area contributed by atoms with E-state index in [9.17, 15) is 4.79 Å². The minimum atomic E-state index is 0.0143. The van der Waals surface area contributed by atoms with Crippen LogP contribution in [-0.2, 0) is 6.54 Å². The first-order valence-corrected chi connectivity index (χ1v) is 6.50. The largest absolute Gasteiger partial charge is 0.395 e. The van der Waals surface area contributed by atoms with Gasteiger partial charge in [0.1, 0.15) is 0 Å². The van der Waals surface area contributed by atoms with Crippen LogP contribution in [0.4, 0.5) is 0 Å². The van der Waals surface area contributed by atoms with Crippen molar-refractivity contribution in [2.75, 3.05) is 6.61 Å². The lowest BCUT2D eigenvalue weighted by atomic mass is 10.2. The molecule has 0 saturated carbocycles. The molecule has 1 N–H and O–H groups in total. The van der Waals surface area contributed by atoms with Crippen LogP contribution in [0.25, 0.3) is 0 Å². The minimum Gasteiger partial charge on any atom is -0.395 e. The first kappa shape index (κ1) is 12.6. The second kappa shape index (κ2) is 6.20. The van der Waals surface area contributed by atoms with Gasteiger partial charge in [0.05, 0.1) is 13.2 Å². The van der Waals surface area contributed by atoms with E-state index in [0.29, 0.717) is 13.0 Å². The van der Waals surface area contributed by atoms with Gasteiger partial charge in [-0.25, -0.2) is 0 Å². The van der Waals surface area contributed by atoms with Crippen molar-refractivity contribution >= 4 is 11.3 Å². The molecule has 0 spiro atoms. The van der Waals surface area contributed by atoms with E-state index in [0.717, 1.165) is 10.4 Å². The van der Waals surface area contributed by atoms with Gasteiger partial charge >= 0.3 is 0 Å². The molecular weight excluding hydrogens is 246 g/mol. The van der Waals surface area contributed by atoms with Gasteiger partial charge in [0.2, 0.25) is 0 Å². The van der Waals surface area contributed by atoms with E-state index in [1.54, 1.807) is 35.9 Å². The summed E-state index contributed by atoms with van der Waals surface area (Å²) < 4.78 is 1.95. The van der Waals surface area contributed by atoms with Crippen LogP contribution in [0.15, 0.2) is 40.8 Å². The summed E-state index contributed by atoms with van der Waals surface area (Å²) in [5, 5.41) is 10.7. The predicted octanol–water partition coefficient (Wildman–Crippen LogP) is 1.69. The molecule has 0 aliphatic carbocycles. The second-order valence-electron chi connectivity index (χ2n) is 3.74. The van der Waals surface area contributed by atoms with Crippen LogP contribution in [0.1, 0.15) is 16.9 Å². The third-order valence-electron chi connectivity index (χ3n) is 2.39. The Hall–Kier alpha value is -1.83. The highest BCUT2D eigenvalue weighted by Crippen LogP contribution is 2.17. The summed E-state index contributed by atoms with van der Waals surface area (Å²) in [5.74, 6) is 5.97. The monoisotopic (exact) mass is 259 g/mol. The van der Waals surface area contributed by atoms with Gasteiger partial charge in [-0.3, -0.25) is 4.79 Å². The molecule has 0 aliphatic heterocycles. The average Bonchev–Trinajstić information content (AvgIpc) is 2.80. The second-order valence-corrected chi connectivity index (χ2v) is 4.74. The van der Waals surface area contributed by atoms with Crippen LogP contribution in [0, 0.1) is 11.8 Å². The van der Waals surface area contributed by atoms with Crippen LogP contribution in [-0.4, -0.2) is 16.3 Å². The molecule has 4 heteroatoms. The Morgan fingerprint density at radius 2 is 2.06 bits per heavy atom. The quantitative estimate of drug-likeness (QED) is 0.852. The molecule has 0 radical (unpaired) electrons. The zero-order chi connectivity index (χ0) is 12.8. The lowest BCUT2D eigenvalue weighted by molar-refractivity contribution is 0.305. The summed E-state index contributed by atoms with van der Waals surface area (Å²) in [6.07, 6.45) is 4.03. The topological polar surface area (TPSA) is 42.2 Å². The van der Waals surface area contributed by atoms with E-state index >= 15 is 0 Å². The highest BCUT2D eigenvalue weighted by atomic mass is 32.1. The van der Waals surface area contributed by atoms with Crippen LogP contribution in [0.5, 0.6) is 0 Å². The van der Waals surface area contributed by atoms with Crippen molar-refractivity contribution in [1.29, 1.82) is 0 Å². The van der Waals surface area contributed by atoms with Crippen LogP contribution < -0.4 is 5.43 Å². The molecule has 2 rings (SSSR count). The SMILES string of the molecule is O=c1ccn(Cc2sccc2C#CCCO)cc1. The van der Waals surface area contributed by atoms with Crippen LogP contribution >= 0.6 is 11.3 Å². The van der Waals surface area contributed by atoms with E-state index in [1.165, 1.54) is 0 Å². The average molecular weight is 259 g/mol. The Morgan fingerprint density at radius 3 is 2.78 bits per heavy atom. The third kappa shape index (κ3) is 3.33. The lowest BCUT2D eigenvalue weighted by Crippen LogP contribution is -2.04. The molecule has 0 aromatic carbocycles. The number of aliphatic hydroxyl groups excluding tert-OH is 1. The Labute approximate surface area is 109 Å². The van der Waals surface area contributed by atoms with E-state index in [-0.39, 0.29) is 12.0 Å². The summed E-state index contributed by atoms with van der Waals surface area (Å²) in [6, 6.07) is 5.07. The number of rotatable bonds is 3. The maximum Gasteiger partial charge on any atom is 0.181 e. The Morgan fingerprint density at radius 1 is 1.28 bits per heavy atom. The molecule has 2 heterocycles. The van der Waals surface area contributed by atoms with Crippen LogP contribution in [0.2, 0.25) is 0 Å². The molecule has 2 aromatic heterocycles. The summed E-state index contributed by atoms with van der Waals surface area (Å²) in [6.45, 7) is 0.799. The summed E-state index contributed by atoms with van der Waals surface area (Å²) in [4.78, 5) is 12.2. The maximum absolute atomic E-state index is 11.0. The predicted molar refractivity (Wildman–Crippen MR) is 72.7 cm³/mol. The molecule has 92 valence electrons. The molecule has 0 aliphatic rings. The maximum atomic E-state index is 11.0. The number of aliphatic hydroxyl groups is 1. The van der Waals surface area contributed by atoms with Crippen molar-refractivity contribution in [3.8, 4) is 11.8 Å². The first-order valence-electron chi connectivity index (χ1n) is 5.62. The molecule has 0 atom stereocenters. The molecular formula is C14H13NO2S. The fourth-order valence-corrected chi connectivity index (χ4v) is 2.34. The van der Waals surface area contributed by atoms with E-state index in [4.69, 9.17) is 5.11 Å². The Kier molecular flexibility index (Phi) is 4.35. The van der Waals surface area contributed by atoms with Gasteiger partial charge in [0.25, 0.3) is 0 Å². The number of pyridine rings is 1. The number of thiophene rings is 1. The van der Waals surface area contributed by atoms with Gasteiger partial charge in [-0.05, 0) is 11.4 Å². The lowest BCUT2D eigenvalue weighted by Gasteiger charge is -2.03. The Bertz CT molecular complexity index is 610. The van der Waals surface area contributed by atoms with Crippen LogP contribution in [0.3, 0.4) is 0 Å². The van der Waals surface area contributed by atoms with Gasteiger partial charge in [0, 0.05) is 41.4 Å². The van der Waals surface area contributed by atoms with Crippen molar-refractivity contribution in [3.63, 3.8) is 0 Å². The molecule has 3 nitrogen and oxygen atoms in total. The molecule has 0 bridgehead atoms. The van der Waals surface area contributed by atoms with Gasteiger partial charge in [-0.15, -0.1) is 11.3 Å². The van der Waals surface area contributed by atoms with Crippen molar-refractivity contribution in [2.24, 2.45) is 0 Å². The molecule has 0 amide bonds. The normalized spacial score (nSPS) is 9.83. The van der Waals surface area contributed by atoms with E-state index < -0.39 is 0 Å². The minimum absolute atomic E-state index is 0.0143. The van der Waals surface area contributed by atoms with Gasteiger partial charge in [-0.2, -0.15) is 0 Å². The van der Waals surface area contributed by atoms with E-state index in [1.807, 2.05) is 16.0 Å². The summed E-state index contributed by atoms with van der Waals surface area (Å²) in [7, 11) is 0. The fraction of sp³-hybridized carbons (Fsp3) is 0.214. The first-order chi connectivity index (χ1) is 8.79. The smallest absolute Gasteiger partial charge is 0.181 e. The number of hydrogen-bond acceptors (Lipinski definition) is 3. The Balaban J connectivity index is 2.15. The van der Waals surface area contributed by atoms with Crippen molar-refractivity contribution in [3.05, 3.63) is 56.6 Å². The van der Waals surface area contributed by atoms with Gasteiger partial charge in [0.15, 0.2) is 5.43 Å². The van der Waals surface area contributed by atoms with Gasteiger partial charge < -0.3 is 9.67 Å². The summed E-state index contributed by atoms with van der Waals surface area (Å²) >= 11 is 1.64. The van der Waals surface area contributed by atoms with Crippen molar-refractivity contribution < 1.29 is 5.11 Å². The number of aromatic nitrogens is 1. The molecule has 0 unspecified atom stereocenters. The molecule has 0 saturated heterocycles. The van der Waals surface area contributed by atoms with E-state index in [2.05, 4.69) is 11.8 Å². The summed E-state index contributed by atoms with van der Waals surface area (Å²) in [5.41, 5.74) is 1.01. The number of nitrogens with zero attached hydrogens (tertiary/aromatic N) is 1. The van der Waals surface area contributed by atoms with Gasteiger partial charge in [-0.1, -0.05) is 11.8 Å². The zero-order valence-corrected chi connectivity index (χ0v) is 10.6. The van der Waals surface area contributed by atoms with Crippen molar-refractivity contribution in [2.45, 2.75) is 13.0 Å². The standard InChI is InChI=1S/C14H13NO2S/c16-9-2-1-3-12-6-10-18-14(12)11-15-7-4-13(17)5-8-15/h4-8,10,16H,2,9,11H2.